The molecule has 0 saturated carbocycles. The molecule has 3 aromatic rings. The van der Waals surface area contributed by atoms with Gasteiger partial charge < -0.3 is 9.47 Å². The predicted molar refractivity (Wildman–Crippen MR) is 103 cm³/mol. The summed E-state index contributed by atoms with van der Waals surface area (Å²) in [6, 6.07) is 13.0. The predicted octanol–water partition coefficient (Wildman–Crippen LogP) is 5.92. The van der Waals surface area contributed by atoms with Gasteiger partial charge in [-0.1, -0.05) is 38.1 Å². The first-order valence-electron chi connectivity index (χ1n) is 9.00. The third kappa shape index (κ3) is 2.71. The summed E-state index contributed by atoms with van der Waals surface area (Å²) in [7, 11) is 0. The average Bonchev–Trinajstić information content (AvgIpc) is 2.63. The molecule has 0 aliphatic rings. The molecule has 0 N–H and O–H groups in total. The van der Waals surface area contributed by atoms with Gasteiger partial charge >= 0.3 is 0 Å². The molecule has 0 saturated heterocycles. The Labute approximate surface area is 144 Å². The number of ether oxygens (including phenoxy) is 2. The molecule has 2 heteroatoms. The van der Waals surface area contributed by atoms with Crippen LogP contribution in [0.15, 0.2) is 36.4 Å². The van der Waals surface area contributed by atoms with E-state index < -0.39 is 0 Å². The fourth-order valence-electron chi connectivity index (χ4n) is 3.49. The molecule has 0 spiro atoms. The lowest BCUT2D eigenvalue weighted by molar-refractivity contribution is 0.342. The van der Waals surface area contributed by atoms with Crippen LogP contribution in [-0.2, 0) is 12.8 Å². The first-order chi connectivity index (χ1) is 11.7. The van der Waals surface area contributed by atoms with Crippen LogP contribution in [0, 0.1) is 0 Å². The van der Waals surface area contributed by atoms with Crippen LogP contribution in [0.3, 0.4) is 0 Å². The molecule has 0 amide bonds. The van der Waals surface area contributed by atoms with Crippen molar-refractivity contribution in [1.82, 2.24) is 0 Å². The molecular weight excluding hydrogens is 296 g/mol. The van der Waals surface area contributed by atoms with Crippen molar-refractivity contribution in [3.63, 3.8) is 0 Å². The molecule has 0 fully saturated rings. The van der Waals surface area contributed by atoms with Crippen molar-refractivity contribution in [2.75, 3.05) is 13.2 Å². The molecule has 3 rings (SSSR count). The van der Waals surface area contributed by atoms with Crippen LogP contribution in [0.25, 0.3) is 21.5 Å². The number of fused-ring (bicyclic) bond motifs is 2. The maximum atomic E-state index is 6.08. The third-order valence-electron chi connectivity index (χ3n) is 4.58. The topological polar surface area (TPSA) is 18.5 Å². The summed E-state index contributed by atoms with van der Waals surface area (Å²) in [4.78, 5) is 0. The van der Waals surface area contributed by atoms with Crippen LogP contribution in [0.5, 0.6) is 11.5 Å². The largest absolute Gasteiger partial charge is 0.493 e. The zero-order chi connectivity index (χ0) is 17.1. The standard InChI is InChI=1S/C22H26O2/c1-5-15-13-19-20(14-16(15)6-2)22(24-8-4)18-12-10-9-11-17(18)21(19)23-7-3/h9-14H,5-8H2,1-4H3. The number of hydrogen-bond acceptors (Lipinski definition) is 2. The summed E-state index contributed by atoms with van der Waals surface area (Å²) >= 11 is 0. The molecule has 126 valence electrons. The van der Waals surface area contributed by atoms with Gasteiger partial charge in [0.25, 0.3) is 0 Å². The van der Waals surface area contributed by atoms with Crippen molar-refractivity contribution in [2.45, 2.75) is 40.5 Å². The van der Waals surface area contributed by atoms with Gasteiger partial charge in [-0.2, -0.15) is 0 Å². The van der Waals surface area contributed by atoms with Crippen LogP contribution in [0.4, 0.5) is 0 Å². The highest BCUT2D eigenvalue weighted by molar-refractivity contribution is 6.11. The Morgan fingerprint density at radius 3 is 1.38 bits per heavy atom. The Morgan fingerprint density at radius 2 is 1.04 bits per heavy atom. The molecule has 0 atom stereocenters. The number of aryl methyl sites for hydroxylation is 2. The quantitative estimate of drug-likeness (QED) is 0.525. The van der Waals surface area contributed by atoms with Gasteiger partial charge in [0, 0.05) is 21.5 Å². The highest BCUT2D eigenvalue weighted by Gasteiger charge is 2.17. The summed E-state index contributed by atoms with van der Waals surface area (Å²) in [6.45, 7) is 9.82. The van der Waals surface area contributed by atoms with Crippen LogP contribution in [-0.4, -0.2) is 13.2 Å². The van der Waals surface area contributed by atoms with Gasteiger partial charge in [-0.15, -0.1) is 0 Å². The lowest BCUT2D eigenvalue weighted by Crippen LogP contribution is -2.00. The summed E-state index contributed by atoms with van der Waals surface area (Å²) in [5, 5.41) is 4.57. The van der Waals surface area contributed by atoms with E-state index in [1.54, 1.807) is 0 Å². The molecule has 0 bridgehead atoms. The Balaban J connectivity index is 2.49. The van der Waals surface area contributed by atoms with Gasteiger partial charge in [0.2, 0.25) is 0 Å². The van der Waals surface area contributed by atoms with Crippen LogP contribution < -0.4 is 9.47 Å². The third-order valence-corrected chi connectivity index (χ3v) is 4.58. The molecule has 2 nitrogen and oxygen atoms in total. The van der Waals surface area contributed by atoms with Crippen molar-refractivity contribution < 1.29 is 9.47 Å². The van der Waals surface area contributed by atoms with E-state index in [-0.39, 0.29) is 0 Å². The van der Waals surface area contributed by atoms with E-state index in [0.717, 1.165) is 45.9 Å². The number of benzene rings is 3. The normalized spacial score (nSPS) is 11.2. The minimum Gasteiger partial charge on any atom is -0.493 e. The van der Waals surface area contributed by atoms with Gasteiger partial charge in [0.05, 0.1) is 13.2 Å². The van der Waals surface area contributed by atoms with Crippen LogP contribution >= 0.6 is 0 Å². The highest BCUT2D eigenvalue weighted by atomic mass is 16.5. The molecule has 3 aromatic carbocycles. The lowest BCUT2D eigenvalue weighted by Gasteiger charge is -2.19. The molecule has 24 heavy (non-hydrogen) atoms. The van der Waals surface area contributed by atoms with E-state index in [9.17, 15) is 0 Å². The Hall–Kier alpha value is -2.22. The van der Waals surface area contributed by atoms with Crippen LogP contribution in [0.2, 0.25) is 0 Å². The van der Waals surface area contributed by atoms with Gasteiger partial charge in [-0.3, -0.25) is 0 Å². The van der Waals surface area contributed by atoms with Crippen molar-refractivity contribution in [3.8, 4) is 11.5 Å². The van der Waals surface area contributed by atoms with Gasteiger partial charge in [-0.25, -0.2) is 0 Å². The zero-order valence-corrected chi connectivity index (χ0v) is 15.1. The lowest BCUT2D eigenvalue weighted by atomic mass is 9.94. The Kier molecular flexibility index (Phi) is 4.94. The number of rotatable bonds is 6. The van der Waals surface area contributed by atoms with E-state index in [1.165, 1.54) is 11.1 Å². The fraction of sp³-hybridized carbons (Fsp3) is 0.364. The minimum atomic E-state index is 0.657. The summed E-state index contributed by atoms with van der Waals surface area (Å²) in [6.07, 6.45) is 2.06. The maximum Gasteiger partial charge on any atom is 0.135 e. The smallest absolute Gasteiger partial charge is 0.135 e. The SMILES string of the molecule is CCOc1c2ccccc2c(OCC)c2cc(CC)c(CC)cc12. The van der Waals surface area contributed by atoms with Crippen molar-refractivity contribution >= 4 is 21.5 Å². The first kappa shape index (κ1) is 16.6. The molecule has 0 aliphatic carbocycles. The minimum absolute atomic E-state index is 0.657. The van der Waals surface area contributed by atoms with E-state index in [1.807, 2.05) is 13.8 Å². The Morgan fingerprint density at radius 1 is 0.625 bits per heavy atom. The monoisotopic (exact) mass is 322 g/mol. The van der Waals surface area contributed by atoms with Crippen molar-refractivity contribution in [1.29, 1.82) is 0 Å². The average molecular weight is 322 g/mol. The first-order valence-corrected chi connectivity index (χ1v) is 9.00. The van der Waals surface area contributed by atoms with Gasteiger partial charge in [0.15, 0.2) is 0 Å². The molecule has 0 aliphatic heterocycles. The van der Waals surface area contributed by atoms with Gasteiger partial charge in [-0.05, 0) is 49.9 Å². The van der Waals surface area contributed by atoms with E-state index in [0.29, 0.717) is 13.2 Å². The Bertz CT molecular complexity index is 793. The second-order valence-corrected chi connectivity index (χ2v) is 5.94. The molecular formula is C22H26O2. The fourth-order valence-corrected chi connectivity index (χ4v) is 3.49. The van der Waals surface area contributed by atoms with Gasteiger partial charge in [0.1, 0.15) is 11.5 Å². The second kappa shape index (κ2) is 7.12. The van der Waals surface area contributed by atoms with E-state index >= 15 is 0 Å². The molecule has 0 radical (unpaired) electrons. The van der Waals surface area contributed by atoms with Crippen LogP contribution in [0.1, 0.15) is 38.8 Å². The molecule has 0 heterocycles. The second-order valence-electron chi connectivity index (χ2n) is 5.94. The van der Waals surface area contributed by atoms with Crippen molar-refractivity contribution in [3.05, 3.63) is 47.5 Å². The van der Waals surface area contributed by atoms with Crippen molar-refractivity contribution in [2.24, 2.45) is 0 Å². The summed E-state index contributed by atoms with van der Waals surface area (Å²) < 4.78 is 12.2. The highest BCUT2D eigenvalue weighted by Crippen LogP contribution is 2.43. The summed E-state index contributed by atoms with van der Waals surface area (Å²) in [5.41, 5.74) is 2.78. The molecule has 0 aromatic heterocycles. The maximum absolute atomic E-state index is 6.08. The zero-order valence-electron chi connectivity index (χ0n) is 15.1. The summed E-state index contributed by atoms with van der Waals surface area (Å²) in [5.74, 6) is 1.95. The van der Waals surface area contributed by atoms with E-state index in [4.69, 9.17) is 9.47 Å². The number of hydrogen-bond donors (Lipinski definition) is 0. The van der Waals surface area contributed by atoms with E-state index in [2.05, 4.69) is 50.2 Å². The molecule has 0 unspecified atom stereocenters.